The monoisotopic (exact) mass is 236 g/mol. The molecule has 0 amide bonds. The first-order valence-electron chi connectivity index (χ1n) is 5.74. The van der Waals surface area contributed by atoms with E-state index < -0.39 is 0 Å². The van der Waals surface area contributed by atoms with E-state index in [1.807, 2.05) is 0 Å². The minimum Gasteiger partial charge on any atom is -0.376 e. The highest BCUT2D eigenvalue weighted by Gasteiger charge is 2.18. The zero-order chi connectivity index (χ0) is 11.8. The summed E-state index contributed by atoms with van der Waals surface area (Å²) in [5.74, 6) is -0.336. The van der Waals surface area contributed by atoms with Crippen LogP contribution in [0.1, 0.15) is 12.8 Å². The Hall–Kier alpha value is -1.62. The minimum atomic E-state index is -0.336. The van der Waals surface area contributed by atoms with Crippen molar-refractivity contribution in [2.24, 2.45) is 0 Å². The molecule has 90 valence electrons. The molecule has 3 rings (SSSR count). The van der Waals surface area contributed by atoms with Crippen LogP contribution < -0.4 is 5.69 Å². The lowest BCUT2D eigenvalue weighted by atomic mass is 10.2. The summed E-state index contributed by atoms with van der Waals surface area (Å²) in [5.41, 5.74) is 1.06. The molecule has 1 aromatic carbocycles. The van der Waals surface area contributed by atoms with Gasteiger partial charge in [0.05, 0.1) is 23.7 Å². The average molecular weight is 236 g/mol. The molecule has 0 aliphatic carbocycles. The quantitative estimate of drug-likeness (QED) is 0.861. The molecule has 1 atom stereocenters. The van der Waals surface area contributed by atoms with Gasteiger partial charge in [0.2, 0.25) is 0 Å². The number of fused-ring (bicyclic) bond motifs is 1. The van der Waals surface area contributed by atoms with Crippen LogP contribution in [0.25, 0.3) is 11.0 Å². The van der Waals surface area contributed by atoms with Crippen molar-refractivity contribution in [3.63, 3.8) is 0 Å². The van der Waals surface area contributed by atoms with Gasteiger partial charge in [0.1, 0.15) is 5.82 Å². The van der Waals surface area contributed by atoms with Gasteiger partial charge in [-0.05, 0) is 31.0 Å². The molecule has 5 heteroatoms. The molecule has 1 saturated heterocycles. The van der Waals surface area contributed by atoms with Gasteiger partial charge in [-0.3, -0.25) is 4.57 Å². The molecule has 1 unspecified atom stereocenters. The topological polar surface area (TPSA) is 47.0 Å². The summed E-state index contributed by atoms with van der Waals surface area (Å²) in [6, 6.07) is 4.30. The van der Waals surface area contributed by atoms with Gasteiger partial charge in [0, 0.05) is 6.61 Å². The molecular formula is C12H13FN2O2. The van der Waals surface area contributed by atoms with Gasteiger partial charge in [-0.1, -0.05) is 0 Å². The summed E-state index contributed by atoms with van der Waals surface area (Å²) >= 11 is 0. The van der Waals surface area contributed by atoms with Crippen molar-refractivity contribution in [3.05, 3.63) is 34.5 Å². The molecule has 1 fully saturated rings. The smallest absolute Gasteiger partial charge is 0.326 e. The van der Waals surface area contributed by atoms with E-state index in [0.29, 0.717) is 17.6 Å². The standard InChI is InChI=1S/C12H13FN2O2/c13-8-3-4-10-11(6-8)15(12(16)14-10)7-9-2-1-5-17-9/h3-4,6,9H,1-2,5,7H2,(H,14,16). The number of imidazole rings is 1. The van der Waals surface area contributed by atoms with Gasteiger partial charge in [0.25, 0.3) is 0 Å². The average Bonchev–Trinajstić information content (AvgIpc) is 2.90. The lowest BCUT2D eigenvalue weighted by molar-refractivity contribution is 0.0972. The van der Waals surface area contributed by atoms with Gasteiger partial charge < -0.3 is 9.72 Å². The number of aromatic amines is 1. The van der Waals surface area contributed by atoms with Crippen LogP contribution in [0.2, 0.25) is 0 Å². The molecule has 1 aromatic heterocycles. The zero-order valence-corrected chi connectivity index (χ0v) is 9.28. The maximum Gasteiger partial charge on any atom is 0.326 e. The first-order valence-corrected chi connectivity index (χ1v) is 5.74. The summed E-state index contributed by atoms with van der Waals surface area (Å²) in [6.07, 6.45) is 2.04. The van der Waals surface area contributed by atoms with E-state index in [1.165, 1.54) is 12.1 Å². The summed E-state index contributed by atoms with van der Waals surface area (Å²) in [6.45, 7) is 1.23. The molecule has 0 spiro atoms. The van der Waals surface area contributed by atoms with Gasteiger partial charge in [-0.2, -0.15) is 0 Å². The van der Waals surface area contributed by atoms with Gasteiger partial charge in [0.15, 0.2) is 0 Å². The Labute approximate surface area is 97.0 Å². The Bertz CT molecular complexity index is 596. The fourth-order valence-corrected chi connectivity index (χ4v) is 2.30. The second-order valence-electron chi connectivity index (χ2n) is 4.34. The van der Waals surface area contributed by atoms with Crippen LogP contribution in [-0.2, 0) is 11.3 Å². The van der Waals surface area contributed by atoms with Crippen LogP contribution in [0.5, 0.6) is 0 Å². The van der Waals surface area contributed by atoms with Crippen molar-refractivity contribution in [3.8, 4) is 0 Å². The van der Waals surface area contributed by atoms with Gasteiger partial charge >= 0.3 is 5.69 Å². The molecule has 1 aliphatic rings. The Morgan fingerprint density at radius 3 is 3.18 bits per heavy atom. The van der Waals surface area contributed by atoms with E-state index in [4.69, 9.17) is 4.74 Å². The van der Waals surface area contributed by atoms with E-state index in [-0.39, 0.29) is 17.6 Å². The maximum atomic E-state index is 13.2. The predicted molar refractivity (Wildman–Crippen MR) is 61.5 cm³/mol. The summed E-state index contributed by atoms with van der Waals surface area (Å²) in [4.78, 5) is 14.5. The maximum absolute atomic E-state index is 13.2. The molecule has 4 nitrogen and oxygen atoms in total. The Kier molecular flexibility index (Phi) is 2.48. The predicted octanol–water partition coefficient (Wildman–Crippen LogP) is 1.65. The van der Waals surface area contributed by atoms with Crippen molar-refractivity contribution in [2.45, 2.75) is 25.5 Å². The van der Waals surface area contributed by atoms with Crippen LogP contribution in [0.15, 0.2) is 23.0 Å². The highest BCUT2D eigenvalue weighted by atomic mass is 19.1. The number of hydrogen-bond acceptors (Lipinski definition) is 2. The molecule has 1 aliphatic heterocycles. The van der Waals surface area contributed by atoms with E-state index >= 15 is 0 Å². The van der Waals surface area contributed by atoms with Crippen LogP contribution in [0.4, 0.5) is 4.39 Å². The third-order valence-corrected chi connectivity index (χ3v) is 3.15. The van der Waals surface area contributed by atoms with Crippen LogP contribution >= 0.6 is 0 Å². The fourth-order valence-electron chi connectivity index (χ4n) is 2.30. The lowest BCUT2D eigenvalue weighted by Gasteiger charge is -2.09. The number of H-pyrrole nitrogens is 1. The van der Waals surface area contributed by atoms with Gasteiger partial charge in [-0.25, -0.2) is 9.18 Å². The molecular weight excluding hydrogens is 223 g/mol. The Morgan fingerprint density at radius 2 is 2.41 bits per heavy atom. The van der Waals surface area contributed by atoms with Crippen molar-refractivity contribution in [1.29, 1.82) is 0 Å². The normalized spacial score (nSPS) is 20.2. The highest BCUT2D eigenvalue weighted by molar-refractivity contribution is 5.75. The minimum absolute atomic E-state index is 0.0648. The number of rotatable bonds is 2. The number of benzene rings is 1. The van der Waals surface area contributed by atoms with E-state index in [9.17, 15) is 9.18 Å². The number of ether oxygens (including phenoxy) is 1. The van der Waals surface area contributed by atoms with E-state index in [2.05, 4.69) is 4.98 Å². The van der Waals surface area contributed by atoms with Crippen molar-refractivity contribution in [2.75, 3.05) is 6.61 Å². The summed E-state index contributed by atoms with van der Waals surface area (Å²) in [7, 11) is 0. The number of hydrogen-bond donors (Lipinski definition) is 1. The fraction of sp³-hybridized carbons (Fsp3) is 0.417. The molecule has 0 bridgehead atoms. The van der Waals surface area contributed by atoms with Crippen LogP contribution in [0, 0.1) is 5.82 Å². The zero-order valence-electron chi connectivity index (χ0n) is 9.28. The second kappa shape index (κ2) is 4.00. The largest absolute Gasteiger partial charge is 0.376 e. The van der Waals surface area contributed by atoms with Crippen molar-refractivity contribution < 1.29 is 9.13 Å². The number of nitrogens with one attached hydrogen (secondary N) is 1. The van der Waals surface area contributed by atoms with Crippen LogP contribution in [-0.4, -0.2) is 22.3 Å². The molecule has 1 N–H and O–H groups in total. The van der Waals surface area contributed by atoms with E-state index in [1.54, 1.807) is 10.6 Å². The van der Waals surface area contributed by atoms with E-state index in [0.717, 1.165) is 19.4 Å². The number of nitrogens with zero attached hydrogens (tertiary/aromatic N) is 1. The molecule has 0 radical (unpaired) electrons. The molecule has 17 heavy (non-hydrogen) atoms. The first-order chi connectivity index (χ1) is 8.24. The van der Waals surface area contributed by atoms with Gasteiger partial charge in [-0.15, -0.1) is 0 Å². The Balaban J connectivity index is 2.04. The molecule has 0 saturated carbocycles. The molecule has 2 heterocycles. The Morgan fingerprint density at radius 1 is 1.53 bits per heavy atom. The number of halogens is 1. The first kappa shape index (κ1) is 10.5. The lowest BCUT2D eigenvalue weighted by Crippen LogP contribution is -2.24. The third kappa shape index (κ3) is 1.86. The summed E-state index contributed by atoms with van der Waals surface area (Å²) in [5, 5.41) is 0. The summed E-state index contributed by atoms with van der Waals surface area (Å²) < 4.78 is 20.2. The highest BCUT2D eigenvalue weighted by Crippen LogP contribution is 2.17. The van der Waals surface area contributed by atoms with Crippen molar-refractivity contribution in [1.82, 2.24) is 9.55 Å². The number of aromatic nitrogens is 2. The van der Waals surface area contributed by atoms with Crippen LogP contribution in [0.3, 0.4) is 0 Å². The SMILES string of the molecule is O=c1[nH]c2ccc(F)cc2n1CC1CCCO1. The van der Waals surface area contributed by atoms with Crippen molar-refractivity contribution >= 4 is 11.0 Å². The second-order valence-corrected chi connectivity index (χ2v) is 4.34. The third-order valence-electron chi connectivity index (χ3n) is 3.15. The molecule has 2 aromatic rings.